The minimum absolute atomic E-state index is 0.0540. The molecule has 0 spiro atoms. The van der Waals surface area contributed by atoms with E-state index in [0.717, 1.165) is 31.4 Å². The van der Waals surface area contributed by atoms with Crippen LogP contribution in [0.5, 0.6) is 0 Å². The Balaban J connectivity index is 1.89. The van der Waals surface area contributed by atoms with Crippen LogP contribution < -0.4 is 5.32 Å². The molecule has 2 atom stereocenters. The molecule has 2 unspecified atom stereocenters. The van der Waals surface area contributed by atoms with E-state index < -0.39 is 5.97 Å². The molecule has 21 heavy (non-hydrogen) atoms. The minimum Gasteiger partial charge on any atom is -0.478 e. The maximum absolute atomic E-state index is 12.1. The maximum atomic E-state index is 12.1. The number of amides is 1. The van der Waals surface area contributed by atoms with Crippen LogP contribution in [0.1, 0.15) is 42.1 Å². The number of nitrogens with one attached hydrogen (secondary N) is 1. The molecule has 5 nitrogen and oxygen atoms in total. The van der Waals surface area contributed by atoms with Crippen LogP contribution in [0.4, 0.5) is 0 Å². The van der Waals surface area contributed by atoms with Crippen LogP contribution in [0.15, 0.2) is 24.3 Å². The number of carbonyl (C=O) groups excluding carboxylic acids is 1. The molecule has 1 saturated heterocycles. The molecule has 1 heterocycles. The molecule has 2 N–H and O–H groups in total. The highest BCUT2D eigenvalue weighted by Gasteiger charge is 2.25. The van der Waals surface area contributed by atoms with E-state index in [0.29, 0.717) is 0 Å². The van der Waals surface area contributed by atoms with Gasteiger partial charge in [0.15, 0.2) is 0 Å². The summed E-state index contributed by atoms with van der Waals surface area (Å²) in [5, 5.41) is 11.9. The number of hydrogen-bond donors (Lipinski definition) is 2. The van der Waals surface area contributed by atoms with Crippen molar-refractivity contribution in [1.82, 2.24) is 5.32 Å². The van der Waals surface area contributed by atoms with Crippen LogP contribution in [0.2, 0.25) is 0 Å². The molecule has 1 aliphatic rings. The zero-order chi connectivity index (χ0) is 15.2. The standard InChI is InChI=1S/C16H21NO4/c1-2-13(14-4-3-9-21-14)17-15(18)10-11-5-7-12(8-6-11)16(19)20/h5-8,13-14H,2-4,9-10H2,1H3,(H,17,18)(H,19,20). The number of benzene rings is 1. The topological polar surface area (TPSA) is 75.6 Å². The van der Waals surface area contributed by atoms with Crippen molar-refractivity contribution in [3.63, 3.8) is 0 Å². The van der Waals surface area contributed by atoms with Crippen molar-refractivity contribution in [2.45, 2.75) is 44.8 Å². The average Bonchev–Trinajstić information content (AvgIpc) is 2.99. The first-order valence-electron chi connectivity index (χ1n) is 7.33. The smallest absolute Gasteiger partial charge is 0.335 e. The molecule has 0 saturated carbocycles. The molecule has 1 aromatic rings. The fourth-order valence-electron chi connectivity index (χ4n) is 2.59. The lowest BCUT2D eigenvalue weighted by molar-refractivity contribution is -0.122. The van der Waals surface area contributed by atoms with Crippen LogP contribution >= 0.6 is 0 Å². The van der Waals surface area contributed by atoms with Crippen LogP contribution in [0.25, 0.3) is 0 Å². The summed E-state index contributed by atoms with van der Waals surface area (Å²) < 4.78 is 5.62. The molecule has 1 aliphatic heterocycles. The molecule has 5 heteroatoms. The van der Waals surface area contributed by atoms with Crippen LogP contribution in [-0.4, -0.2) is 35.7 Å². The summed E-state index contributed by atoms with van der Waals surface area (Å²) in [5.74, 6) is -1.02. The summed E-state index contributed by atoms with van der Waals surface area (Å²) in [5.41, 5.74) is 1.03. The SMILES string of the molecule is CCC(NC(=O)Cc1ccc(C(=O)O)cc1)C1CCCO1. The van der Waals surface area contributed by atoms with Gasteiger partial charge >= 0.3 is 5.97 Å². The monoisotopic (exact) mass is 291 g/mol. The van der Waals surface area contributed by atoms with Gasteiger partial charge in [-0.2, -0.15) is 0 Å². The Morgan fingerprint density at radius 2 is 2.10 bits per heavy atom. The zero-order valence-electron chi connectivity index (χ0n) is 12.2. The number of carbonyl (C=O) groups is 2. The Kier molecular flexibility index (Phi) is 5.33. The highest BCUT2D eigenvalue weighted by molar-refractivity contribution is 5.87. The Hall–Kier alpha value is -1.88. The number of carboxylic acids is 1. The molecule has 1 fully saturated rings. The van der Waals surface area contributed by atoms with Crippen molar-refractivity contribution in [3.05, 3.63) is 35.4 Å². The first kappa shape index (κ1) is 15.5. The second-order valence-corrected chi connectivity index (χ2v) is 5.31. The molecule has 1 aromatic carbocycles. The van der Waals surface area contributed by atoms with Crippen molar-refractivity contribution in [1.29, 1.82) is 0 Å². The van der Waals surface area contributed by atoms with Gasteiger partial charge in [0, 0.05) is 6.61 Å². The second-order valence-electron chi connectivity index (χ2n) is 5.31. The fourth-order valence-corrected chi connectivity index (χ4v) is 2.59. The normalized spacial score (nSPS) is 19.2. The van der Waals surface area contributed by atoms with Gasteiger partial charge in [0.1, 0.15) is 0 Å². The predicted molar refractivity (Wildman–Crippen MR) is 78.3 cm³/mol. The Morgan fingerprint density at radius 1 is 1.38 bits per heavy atom. The van der Waals surface area contributed by atoms with Crippen LogP contribution in [-0.2, 0) is 16.0 Å². The van der Waals surface area contributed by atoms with E-state index in [1.165, 1.54) is 12.1 Å². The van der Waals surface area contributed by atoms with E-state index in [1.54, 1.807) is 12.1 Å². The van der Waals surface area contributed by atoms with Gasteiger partial charge in [-0.25, -0.2) is 4.79 Å². The molecule has 1 amide bonds. The summed E-state index contributed by atoms with van der Waals surface area (Å²) in [4.78, 5) is 22.8. The molecular weight excluding hydrogens is 270 g/mol. The van der Waals surface area contributed by atoms with Gasteiger partial charge in [0.05, 0.1) is 24.1 Å². The molecule has 2 rings (SSSR count). The van der Waals surface area contributed by atoms with E-state index >= 15 is 0 Å². The summed E-state index contributed by atoms with van der Waals surface area (Å²) in [6.45, 7) is 2.81. The lowest BCUT2D eigenvalue weighted by atomic mass is 10.0. The number of rotatable bonds is 6. The number of ether oxygens (including phenoxy) is 1. The molecule has 0 aliphatic carbocycles. The Labute approximate surface area is 124 Å². The van der Waals surface area contributed by atoms with Gasteiger partial charge in [-0.15, -0.1) is 0 Å². The average molecular weight is 291 g/mol. The highest BCUT2D eigenvalue weighted by atomic mass is 16.5. The maximum Gasteiger partial charge on any atom is 0.335 e. The summed E-state index contributed by atoms with van der Waals surface area (Å²) in [7, 11) is 0. The molecule has 0 radical (unpaired) electrons. The first-order chi connectivity index (χ1) is 10.1. The third-order valence-corrected chi connectivity index (χ3v) is 3.77. The quantitative estimate of drug-likeness (QED) is 0.840. The first-order valence-corrected chi connectivity index (χ1v) is 7.33. The molecule has 0 bridgehead atoms. The lowest BCUT2D eigenvalue weighted by Crippen LogP contribution is -2.43. The molecule has 0 aromatic heterocycles. The second kappa shape index (κ2) is 7.22. The van der Waals surface area contributed by atoms with Gasteiger partial charge < -0.3 is 15.2 Å². The highest BCUT2D eigenvalue weighted by Crippen LogP contribution is 2.17. The molecule has 114 valence electrons. The van der Waals surface area contributed by atoms with Crippen molar-refractivity contribution in [2.24, 2.45) is 0 Å². The van der Waals surface area contributed by atoms with Crippen molar-refractivity contribution >= 4 is 11.9 Å². The van der Waals surface area contributed by atoms with Crippen molar-refractivity contribution < 1.29 is 19.4 Å². The lowest BCUT2D eigenvalue weighted by Gasteiger charge is -2.22. The molecular formula is C16H21NO4. The Morgan fingerprint density at radius 3 is 2.62 bits per heavy atom. The van der Waals surface area contributed by atoms with E-state index in [1.807, 2.05) is 6.92 Å². The van der Waals surface area contributed by atoms with E-state index in [-0.39, 0.29) is 30.0 Å². The van der Waals surface area contributed by atoms with Gasteiger partial charge in [-0.3, -0.25) is 4.79 Å². The van der Waals surface area contributed by atoms with Gasteiger partial charge in [-0.1, -0.05) is 19.1 Å². The van der Waals surface area contributed by atoms with Crippen molar-refractivity contribution in [2.75, 3.05) is 6.61 Å². The van der Waals surface area contributed by atoms with Crippen molar-refractivity contribution in [3.8, 4) is 0 Å². The van der Waals surface area contributed by atoms with Crippen LogP contribution in [0, 0.1) is 0 Å². The Bertz CT molecular complexity index is 492. The third kappa shape index (κ3) is 4.29. The summed E-state index contributed by atoms with van der Waals surface area (Å²) in [6, 6.07) is 6.44. The minimum atomic E-state index is -0.963. The van der Waals surface area contributed by atoms with Crippen LogP contribution in [0.3, 0.4) is 0 Å². The number of aromatic carboxylic acids is 1. The number of hydrogen-bond acceptors (Lipinski definition) is 3. The third-order valence-electron chi connectivity index (χ3n) is 3.77. The van der Waals surface area contributed by atoms with E-state index in [4.69, 9.17) is 9.84 Å². The van der Waals surface area contributed by atoms with Gasteiger partial charge in [0.25, 0.3) is 0 Å². The largest absolute Gasteiger partial charge is 0.478 e. The van der Waals surface area contributed by atoms with Gasteiger partial charge in [0.2, 0.25) is 5.91 Å². The van der Waals surface area contributed by atoms with Gasteiger partial charge in [-0.05, 0) is 37.0 Å². The number of carboxylic acid groups (broad SMARTS) is 1. The summed E-state index contributed by atoms with van der Waals surface area (Å²) in [6.07, 6.45) is 3.26. The predicted octanol–water partition coefficient (Wildman–Crippen LogP) is 2.00. The van der Waals surface area contributed by atoms with E-state index in [2.05, 4.69) is 5.32 Å². The van der Waals surface area contributed by atoms with E-state index in [9.17, 15) is 9.59 Å². The fraction of sp³-hybridized carbons (Fsp3) is 0.500. The summed E-state index contributed by atoms with van der Waals surface area (Å²) >= 11 is 0. The zero-order valence-corrected chi connectivity index (χ0v) is 12.2.